The third-order valence-corrected chi connectivity index (χ3v) is 18.8. The Morgan fingerprint density at radius 1 is 0.686 bits per heavy atom. The molecule has 0 aromatic carbocycles. The molecule has 2 bridgehead atoms. The predicted octanol–water partition coefficient (Wildman–Crippen LogP) is 14.8. The van der Waals surface area contributed by atoms with Crippen molar-refractivity contribution in [3.63, 3.8) is 0 Å². The Bertz CT molecular complexity index is 1170. The molecule has 290 valence electrons. The van der Waals surface area contributed by atoms with E-state index in [4.69, 9.17) is 4.99 Å². The van der Waals surface area contributed by atoms with E-state index in [1.165, 1.54) is 192 Å². The maximum Gasteiger partial charge on any atom is 0.0502 e. The van der Waals surface area contributed by atoms with Crippen molar-refractivity contribution in [1.29, 1.82) is 5.41 Å². The van der Waals surface area contributed by atoms with Gasteiger partial charge in [0.15, 0.2) is 0 Å². The molecule has 7 aliphatic rings. The Morgan fingerprint density at radius 2 is 1.35 bits per heavy atom. The molecular weight excluding hydrogens is 617 g/mol. The van der Waals surface area contributed by atoms with Crippen LogP contribution in [0.3, 0.4) is 0 Å². The van der Waals surface area contributed by atoms with E-state index in [-0.39, 0.29) is 0 Å². The van der Waals surface area contributed by atoms with Gasteiger partial charge in [-0.3, -0.25) is 4.99 Å². The summed E-state index contributed by atoms with van der Waals surface area (Å²) in [6.07, 6.45) is 40.9. The van der Waals surface area contributed by atoms with Crippen LogP contribution in [0.4, 0.5) is 0 Å². The lowest BCUT2D eigenvalue weighted by atomic mass is 9.31. The van der Waals surface area contributed by atoms with Gasteiger partial charge < -0.3 is 5.41 Å². The summed E-state index contributed by atoms with van der Waals surface area (Å²) in [5, 5.41) is 10.1. The van der Waals surface area contributed by atoms with Crippen LogP contribution in [0.25, 0.3) is 0 Å². The molecule has 0 saturated heterocycles. The van der Waals surface area contributed by atoms with Crippen LogP contribution in [0.1, 0.15) is 221 Å². The van der Waals surface area contributed by atoms with Crippen LogP contribution in [-0.4, -0.2) is 17.5 Å². The van der Waals surface area contributed by atoms with Gasteiger partial charge in [0.2, 0.25) is 0 Å². The lowest BCUT2D eigenvalue weighted by Gasteiger charge is -2.73. The summed E-state index contributed by atoms with van der Waals surface area (Å²) in [6.45, 7) is 12.8. The number of unbranched alkanes of at least 4 members (excludes halogenated alkanes) is 1. The lowest BCUT2D eigenvalue weighted by Crippen LogP contribution is -2.70. The quantitative estimate of drug-likeness (QED) is 0.208. The first-order valence-electron chi connectivity index (χ1n) is 24.1. The first-order valence-corrected chi connectivity index (χ1v) is 24.1. The van der Waals surface area contributed by atoms with Crippen molar-refractivity contribution in [3.8, 4) is 0 Å². The van der Waals surface area contributed by atoms with Crippen molar-refractivity contribution in [3.05, 3.63) is 0 Å². The van der Waals surface area contributed by atoms with Gasteiger partial charge >= 0.3 is 0 Å². The zero-order valence-corrected chi connectivity index (χ0v) is 34.7. The van der Waals surface area contributed by atoms with Gasteiger partial charge in [-0.05, 0) is 149 Å². The lowest BCUT2D eigenvalue weighted by molar-refractivity contribution is -0.190. The monoisotopic (exact) mass is 701 g/mol. The third-order valence-electron chi connectivity index (χ3n) is 18.8. The fourth-order valence-electron chi connectivity index (χ4n) is 16.3. The van der Waals surface area contributed by atoms with E-state index in [2.05, 4.69) is 34.6 Å². The van der Waals surface area contributed by atoms with E-state index in [9.17, 15) is 5.41 Å². The summed E-state index contributed by atoms with van der Waals surface area (Å²) < 4.78 is 0. The number of rotatable bonds is 11. The van der Waals surface area contributed by atoms with Crippen LogP contribution in [-0.2, 0) is 0 Å². The van der Waals surface area contributed by atoms with E-state index in [1.807, 2.05) is 5.71 Å². The topological polar surface area (TPSA) is 36.2 Å². The van der Waals surface area contributed by atoms with Crippen LogP contribution in [0, 0.1) is 74.9 Å². The molecule has 1 aliphatic heterocycles. The van der Waals surface area contributed by atoms with Gasteiger partial charge in [0.05, 0.1) is 6.04 Å². The molecule has 6 saturated carbocycles. The summed E-state index contributed by atoms with van der Waals surface area (Å²) in [7, 11) is 0. The first-order chi connectivity index (χ1) is 24.9. The number of hydrogen-bond acceptors (Lipinski definition) is 2. The van der Waals surface area contributed by atoms with Gasteiger partial charge in [-0.15, -0.1) is 0 Å². The van der Waals surface area contributed by atoms with Crippen molar-refractivity contribution in [1.82, 2.24) is 0 Å². The average molecular weight is 701 g/mol. The van der Waals surface area contributed by atoms with Crippen LogP contribution in [0.5, 0.6) is 0 Å². The third kappa shape index (κ3) is 6.71. The normalized spacial score (nSPS) is 42.4. The summed E-state index contributed by atoms with van der Waals surface area (Å²) >= 11 is 0. The van der Waals surface area contributed by atoms with Crippen LogP contribution < -0.4 is 0 Å². The van der Waals surface area contributed by atoms with Gasteiger partial charge in [-0.25, -0.2) is 0 Å². The second kappa shape index (κ2) is 16.6. The van der Waals surface area contributed by atoms with E-state index in [0.29, 0.717) is 34.1 Å². The van der Waals surface area contributed by atoms with Crippen molar-refractivity contribution < 1.29 is 0 Å². The van der Waals surface area contributed by atoms with Crippen LogP contribution in [0.15, 0.2) is 4.99 Å². The van der Waals surface area contributed by atoms with Crippen molar-refractivity contribution >= 4 is 11.4 Å². The van der Waals surface area contributed by atoms with E-state index in [1.54, 1.807) is 0 Å². The molecule has 2 heteroatoms. The predicted molar refractivity (Wildman–Crippen MR) is 220 cm³/mol. The summed E-state index contributed by atoms with van der Waals surface area (Å²) in [5.41, 5.74) is 4.18. The van der Waals surface area contributed by atoms with Gasteiger partial charge in [0.1, 0.15) is 0 Å². The molecule has 0 amide bonds. The number of hydrogen-bond donors (Lipinski definition) is 1. The summed E-state index contributed by atoms with van der Waals surface area (Å²) in [5.74, 6) is 7.17. The minimum absolute atomic E-state index is 0.317. The largest absolute Gasteiger partial charge is 0.309 e. The fourth-order valence-corrected chi connectivity index (χ4v) is 16.3. The Morgan fingerprint density at radius 3 is 2.02 bits per heavy atom. The minimum atomic E-state index is 0.317. The van der Waals surface area contributed by atoms with Gasteiger partial charge in [-0.1, -0.05) is 125 Å². The second-order valence-corrected chi connectivity index (χ2v) is 20.3. The van der Waals surface area contributed by atoms with E-state index in [0.717, 1.165) is 41.4 Å². The SMILES string of the molecule is CCCCC1C(CC2CCC(C(CC)(CC)C3CCCCCC3)C2=N)C2(CC)CCCC3CC3C3C(=NC4CCCCCCCCC3C4)C12CC. The molecule has 51 heavy (non-hydrogen) atoms. The fraction of sp³-hybridized carbons (Fsp3) is 0.959. The van der Waals surface area contributed by atoms with Crippen molar-refractivity contribution in [2.75, 3.05) is 0 Å². The first kappa shape index (κ1) is 38.6. The smallest absolute Gasteiger partial charge is 0.0502 e. The standard InChI is InChI=1S/C49H84N2/c1-6-11-28-41-43(34-37-29-30-42(45(37)50)47(7-2,8-3)38-25-19-16-17-20-26-38)48(9-4)31-22-24-35-33-40(35)44-36-23-18-14-12-13-15-21-27-39(32-36)51-46(44)49(41,48)10-5/h35-44,50H,6-34H2,1-5H3. The highest BCUT2D eigenvalue weighted by molar-refractivity contribution is 5.96. The van der Waals surface area contributed by atoms with E-state index >= 15 is 0 Å². The molecule has 1 N–H and O–H groups in total. The van der Waals surface area contributed by atoms with Crippen molar-refractivity contribution in [2.24, 2.45) is 74.5 Å². The van der Waals surface area contributed by atoms with Gasteiger partial charge in [-0.2, -0.15) is 0 Å². The zero-order chi connectivity index (χ0) is 35.6. The van der Waals surface area contributed by atoms with Gasteiger partial charge in [0.25, 0.3) is 0 Å². The molecule has 11 unspecified atom stereocenters. The molecule has 11 atom stereocenters. The Balaban J connectivity index is 1.24. The summed E-state index contributed by atoms with van der Waals surface area (Å²) in [4.78, 5) is 6.21. The molecule has 1 heterocycles. The highest BCUT2D eigenvalue weighted by Crippen LogP contribution is 2.76. The maximum atomic E-state index is 10.1. The van der Waals surface area contributed by atoms with Crippen molar-refractivity contribution in [2.45, 2.75) is 227 Å². The molecule has 0 spiro atoms. The summed E-state index contributed by atoms with van der Waals surface area (Å²) in [6, 6.07) is 0.602. The second-order valence-electron chi connectivity index (χ2n) is 20.3. The Kier molecular flexibility index (Phi) is 12.6. The number of nitrogens with one attached hydrogen (secondary N) is 1. The average Bonchev–Trinajstić information content (AvgIpc) is 3.89. The maximum absolute atomic E-state index is 10.1. The highest BCUT2D eigenvalue weighted by Gasteiger charge is 2.73. The molecule has 0 radical (unpaired) electrons. The zero-order valence-electron chi connectivity index (χ0n) is 34.7. The number of aliphatic imine (C=N–C) groups is 1. The van der Waals surface area contributed by atoms with Gasteiger partial charge in [0, 0.05) is 28.7 Å². The Hall–Kier alpha value is -0.660. The van der Waals surface area contributed by atoms with Crippen LogP contribution >= 0.6 is 0 Å². The molecule has 6 fully saturated rings. The minimum Gasteiger partial charge on any atom is -0.309 e. The molecular formula is C49H84N2. The highest BCUT2D eigenvalue weighted by atomic mass is 14.9. The molecule has 6 aliphatic carbocycles. The number of fused-ring (bicyclic) bond motifs is 8. The molecule has 0 aromatic rings. The van der Waals surface area contributed by atoms with Crippen LogP contribution in [0.2, 0.25) is 0 Å². The Labute approximate surface area is 317 Å². The molecule has 2 nitrogen and oxygen atoms in total. The number of nitrogens with zero attached hydrogens (tertiary/aromatic N) is 1. The molecule has 0 aromatic heterocycles. The molecule has 7 rings (SSSR count). The van der Waals surface area contributed by atoms with E-state index < -0.39 is 0 Å².